The molecule has 6 nitrogen and oxygen atoms in total. The van der Waals surface area contributed by atoms with Crippen molar-refractivity contribution in [2.24, 2.45) is 11.7 Å². The van der Waals surface area contributed by atoms with Crippen LogP contribution in [-0.4, -0.2) is 29.8 Å². The average Bonchev–Trinajstić information content (AvgIpc) is 2.26. The van der Waals surface area contributed by atoms with Gasteiger partial charge in [-0.2, -0.15) is 0 Å². The lowest BCUT2D eigenvalue weighted by molar-refractivity contribution is -0.139. The van der Waals surface area contributed by atoms with Gasteiger partial charge in [0.05, 0.1) is 0 Å². The molecule has 0 saturated heterocycles. The molecule has 0 heterocycles. The molecule has 2 amide bonds. The first-order valence-electron chi connectivity index (χ1n) is 6.00. The van der Waals surface area contributed by atoms with E-state index in [1.165, 1.54) is 12.8 Å². The van der Waals surface area contributed by atoms with Crippen LogP contribution in [0.1, 0.15) is 39.5 Å². The van der Waals surface area contributed by atoms with Crippen LogP contribution in [0.3, 0.4) is 0 Å². The number of urea groups is 1. The molecule has 100 valence electrons. The minimum atomic E-state index is -1.35. The Kier molecular flexibility index (Phi) is 8.13. The third-order valence-corrected chi connectivity index (χ3v) is 2.53. The van der Waals surface area contributed by atoms with E-state index in [9.17, 15) is 9.59 Å². The van der Waals surface area contributed by atoms with Gasteiger partial charge in [-0.05, 0) is 12.3 Å². The highest BCUT2D eigenvalue weighted by Crippen LogP contribution is 2.10. The molecule has 6 heteroatoms. The predicted molar refractivity (Wildman–Crippen MR) is 65.5 cm³/mol. The highest BCUT2D eigenvalue weighted by Gasteiger charge is 2.13. The summed E-state index contributed by atoms with van der Waals surface area (Å²) in [5.74, 6) is -0.695. The van der Waals surface area contributed by atoms with Gasteiger partial charge in [-0.25, -0.2) is 9.59 Å². The Balaban J connectivity index is 3.60. The third kappa shape index (κ3) is 8.50. The SMILES string of the molecule is CCCCC(C)CCNC(=O)NC(N)C(=O)O. The molecule has 0 aromatic heterocycles. The lowest BCUT2D eigenvalue weighted by Crippen LogP contribution is -2.51. The molecule has 0 spiro atoms. The largest absolute Gasteiger partial charge is 0.479 e. The number of carboxylic acids is 1. The zero-order valence-electron chi connectivity index (χ0n) is 10.5. The number of aliphatic carboxylic acids is 1. The summed E-state index contributed by atoms with van der Waals surface area (Å²) in [5, 5.41) is 13.2. The van der Waals surface area contributed by atoms with Crippen molar-refractivity contribution in [1.29, 1.82) is 0 Å². The van der Waals surface area contributed by atoms with Gasteiger partial charge in [-0.1, -0.05) is 33.1 Å². The van der Waals surface area contributed by atoms with Gasteiger partial charge in [0.2, 0.25) is 0 Å². The van der Waals surface area contributed by atoms with Crippen LogP contribution in [0, 0.1) is 5.92 Å². The summed E-state index contributed by atoms with van der Waals surface area (Å²) < 4.78 is 0. The Hall–Kier alpha value is -1.30. The topological polar surface area (TPSA) is 104 Å². The molecule has 0 fully saturated rings. The van der Waals surface area contributed by atoms with Crippen molar-refractivity contribution in [1.82, 2.24) is 10.6 Å². The number of hydrogen-bond acceptors (Lipinski definition) is 3. The van der Waals surface area contributed by atoms with Gasteiger partial charge in [0.1, 0.15) is 0 Å². The van der Waals surface area contributed by atoms with E-state index in [2.05, 4.69) is 24.5 Å². The Morgan fingerprint density at radius 3 is 2.53 bits per heavy atom. The Bertz CT molecular complexity index is 246. The molecule has 0 saturated carbocycles. The minimum absolute atomic E-state index is 0.531. The van der Waals surface area contributed by atoms with E-state index in [1.54, 1.807) is 0 Å². The fraction of sp³-hybridized carbons (Fsp3) is 0.818. The second kappa shape index (κ2) is 8.81. The Labute approximate surface area is 102 Å². The molecule has 5 N–H and O–H groups in total. The second-order valence-electron chi connectivity index (χ2n) is 4.25. The molecular formula is C11H23N3O3. The number of carboxylic acid groups (broad SMARTS) is 1. The van der Waals surface area contributed by atoms with Gasteiger partial charge in [-0.3, -0.25) is 0 Å². The Morgan fingerprint density at radius 2 is 2.00 bits per heavy atom. The normalized spacial score (nSPS) is 13.8. The van der Waals surface area contributed by atoms with Crippen LogP contribution < -0.4 is 16.4 Å². The molecule has 0 radical (unpaired) electrons. The van der Waals surface area contributed by atoms with Gasteiger partial charge in [0, 0.05) is 6.54 Å². The summed E-state index contributed by atoms with van der Waals surface area (Å²) in [4.78, 5) is 21.6. The van der Waals surface area contributed by atoms with Crippen LogP contribution in [0.25, 0.3) is 0 Å². The first kappa shape index (κ1) is 15.7. The molecule has 0 aromatic rings. The maximum Gasteiger partial charge on any atom is 0.341 e. The minimum Gasteiger partial charge on any atom is -0.479 e. The summed E-state index contributed by atoms with van der Waals surface area (Å²) in [7, 11) is 0. The number of nitrogens with two attached hydrogens (primary N) is 1. The summed E-state index contributed by atoms with van der Waals surface area (Å²) in [6.45, 7) is 4.81. The number of rotatable bonds is 8. The van der Waals surface area contributed by atoms with Crippen molar-refractivity contribution >= 4 is 12.0 Å². The van der Waals surface area contributed by atoms with Gasteiger partial charge in [0.15, 0.2) is 6.17 Å². The summed E-state index contributed by atoms with van der Waals surface area (Å²) in [6, 6.07) is -0.539. The highest BCUT2D eigenvalue weighted by atomic mass is 16.4. The number of hydrogen-bond donors (Lipinski definition) is 4. The zero-order chi connectivity index (χ0) is 13.3. The second-order valence-corrected chi connectivity index (χ2v) is 4.25. The molecule has 0 bridgehead atoms. The predicted octanol–water partition coefficient (Wildman–Crippen LogP) is 0.871. The first-order valence-corrected chi connectivity index (χ1v) is 6.00. The maximum absolute atomic E-state index is 11.2. The number of unbranched alkanes of at least 4 members (excludes halogenated alkanes) is 1. The van der Waals surface area contributed by atoms with E-state index >= 15 is 0 Å². The highest BCUT2D eigenvalue weighted by molar-refractivity contribution is 5.81. The fourth-order valence-corrected chi connectivity index (χ4v) is 1.38. The van der Waals surface area contributed by atoms with Crippen LogP contribution >= 0.6 is 0 Å². The van der Waals surface area contributed by atoms with Crippen LogP contribution in [0.15, 0.2) is 0 Å². The monoisotopic (exact) mass is 245 g/mol. The van der Waals surface area contributed by atoms with E-state index < -0.39 is 18.2 Å². The lowest BCUT2D eigenvalue weighted by atomic mass is 10.0. The van der Waals surface area contributed by atoms with Gasteiger partial charge < -0.3 is 21.5 Å². The maximum atomic E-state index is 11.2. The number of carbonyl (C=O) groups is 2. The fourth-order valence-electron chi connectivity index (χ4n) is 1.38. The number of carbonyl (C=O) groups excluding carboxylic acids is 1. The Morgan fingerprint density at radius 1 is 1.35 bits per heavy atom. The smallest absolute Gasteiger partial charge is 0.341 e. The van der Waals surface area contributed by atoms with Crippen LogP contribution in [0.2, 0.25) is 0 Å². The molecule has 0 aliphatic carbocycles. The number of amides is 2. The van der Waals surface area contributed by atoms with Gasteiger partial charge in [0.25, 0.3) is 0 Å². The molecule has 0 aromatic carbocycles. The van der Waals surface area contributed by atoms with Crippen LogP contribution in [0.4, 0.5) is 4.79 Å². The van der Waals surface area contributed by atoms with Crippen molar-refractivity contribution in [3.05, 3.63) is 0 Å². The van der Waals surface area contributed by atoms with E-state index in [0.29, 0.717) is 12.5 Å². The summed E-state index contributed by atoms with van der Waals surface area (Å²) in [6.07, 6.45) is 3.04. The van der Waals surface area contributed by atoms with E-state index in [4.69, 9.17) is 10.8 Å². The van der Waals surface area contributed by atoms with Gasteiger partial charge in [-0.15, -0.1) is 0 Å². The molecule has 17 heavy (non-hydrogen) atoms. The quantitative estimate of drug-likeness (QED) is 0.476. The van der Waals surface area contributed by atoms with Crippen molar-refractivity contribution < 1.29 is 14.7 Å². The van der Waals surface area contributed by atoms with Crippen molar-refractivity contribution in [3.8, 4) is 0 Å². The van der Waals surface area contributed by atoms with Crippen LogP contribution in [0.5, 0.6) is 0 Å². The summed E-state index contributed by atoms with van der Waals surface area (Å²) >= 11 is 0. The van der Waals surface area contributed by atoms with Gasteiger partial charge >= 0.3 is 12.0 Å². The summed E-state index contributed by atoms with van der Waals surface area (Å²) in [5.41, 5.74) is 5.14. The van der Waals surface area contributed by atoms with E-state index in [1.807, 2.05) is 0 Å². The van der Waals surface area contributed by atoms with Crippen LogP contribution in [-0.2, 0) is 4.79 Å². The number of nitrogens with one attached hydrogen (secondary N) is 2. The molecular weight excluding hydrogens is 222 g/mol. The standard InChI is InChI=1S/C11H23N3O3/c1-3-4-5-8(2)6-7-13-11(17)14-9(12)10(15)16/h8-9H,3-7,12H2,1-2H3,(H,15,16)(H2,13,14,17). The van der Waals surface area contributed by atoms with Crippen molar-refractivity contribution in [2.75, 3.05) is 6.54 Å². The van der Waals surface area contributed by atoms with Crippen molar-refractivity contribution in [3.63, 3.8) is 0 Å². The molecule has 0 aliphatic rings. The first-order chi connectivity index (χ1) is 7.97. The van der Waals surface area contributed by atoms with E-state index in [0.717, 1.165) is 12.8 Å². The third-order valence-electron chi connectivity index (χ3n) is 2.53. The lowest BCUT2D eigenvalue weighted by Gasteiger charge is -2.13. The van der Waals surface area contributed by atoms with E-state index in [-0.39, 0.29) is 0 Å². The van der Waals surface area contributed by atoms with Crippen molar-refractivity contribution in [2.45, 2.75) is 45.7 Å². The average molecular weight is 245 g/mol. The zero-order valence-corrected chi connectivity index (χ0v) is 10.5. The molecule has 2 atom stereocenters. The molecule has 0 aliphatic heterocycles. The molecule has 2 unspecified atom stereocenters. The molecule has 0 rings (SSSR count).